The molecule has 0 amide bonds. The average Bonchev–Trinajstić information content (AvgIpc) is 2.85. The van der Waals surface area contributed by atoms with Crippen molar-refractivity contribution >= 4 is 21.8 Å². The summed E-state index contributed by atoms with van der Waals surface area (Å²) in [6, 6.07) is 6.37. The van der Waals surface area contributed by atoms with E-state index in [1.54, 1.807) is 23.9 Å². The van der Waals surface area contributed by atoms with Crippen molar-refractivity contribution in [2.24, 2.45) is 0 Å². The molecule has 0 spiro atoms. The topological polar surface area (TPSA) is 66.4 Å². The van der Waals surface area contributed by atoms with Crippen LogP contribution in [0.5, 0.6) is 0 Å². The lowest BCUT2D eigenvalue weighted by Crippen LogP contribution is -2.38. The first kappa shape index (κ1) is 14.8. The number of aliphatic hydroxyl groups excluding tert-OH is 1. The summed E-state index contributed by atoms with van der Waals surface area (Å²) in [5.41, 5.74) is 0.710. The van der Waals surface area contributed by atoms with Crippen LogP contribution in [-0.4, -0.2) is 31.1 Å². The summed E-state index contributed by atoms with van der Waals surface area (Å²) in [6.45, 7) is -0.0784. The third kappa shape index (κ3) is 3.51. The minimum absolute atomic E-state index is 0.0255. The Balaban J connectivity index is 2.13. The van der Waals surface area contributed by atoms with Crippen molar-refractivity contribution in [3.8, 4) is 0 Å². The zero-order chi connectivity index (χ0) is 13.9. The smallest absolute Gasteiger partial charge is 0.240 e. The molecule has 4 nitrogen and oxygen atoms in total. The van der Waals surface area contributed by atoms with Crippen LogP contribution in [0.4, 0.5) is 0 Å². The zero-order valence-electron chi connectivity index (χ0n) is 10.9. The monoisotopic (exact) mass is 301 g/mol. The first-order valence-electron chi connectivity index (χ1n) is 6.32. The van der Waals surface area contributed by atoms with Gasteiger partial charge in [0.1, 0.15) is 0 Å². The largest absolute Gasteiger partial charge is 0.392 e. The molecule has 0 radical (unpaired) electrons. The molecule has 0 saturated heterocycles. The second-order valence-corrected chi connectivity index (χ2v) is 7.53. The molecule has 2 unspecified atom stereocenters. The van der Waals surface area contributed by atoms with E-state index in [4.69, 9.17) is 5.11 Å². The Morgan fingerprint density at radius 2 is 2.00 bits per heavy atom. The molecule has 1 aliphatic rings. The number of thioether (sulfide) groups is 1. The maximum absolute atomic E-state index is 12.3. The summed E-state index contributed by atoms with van der Waals surface area (Å²) in [7, 11) is -3.46. The summed E-state index contributed by atoms with van der Waals surface area (Å²) in [6.07, 6.45) is 5.06. The normalized spacial score (nSPS) is 23.7. The van der Waals surface area contributed by atoms with Gasteiger partial charge in [0.2, 0.25) is 10.0 Å². The van der Waals surface area contributed by atoms with Crippen molar-refractivity contribution in [3.05, 3.63) is 29.8 Å². The zero-order valence-corrected chi connectivity index (χ0v) is 12.5. The Morgan fingerprint density at radius 1 is 1.32 bits per heavy atom. The minimum Gasteiger partial charge on any atom is -0.392 e. The fourth-order valence-corrected chi connectivity index (χ4v) is 4.72. The molecule has 1 aromatic rings. The molecule has 106 valence electrons. The number of aliphatic hydroxyl groups is 1. The van der Waals surface area contributed by atoms with Crippen molar-refractivity contribution < 1.29 is 13.5 Å². The highest BCUT2D eigenvalue weighted by atomic mass is 32.2. The predicted octanol–water partition coefficient (Wildman–Crippen LogP) is 1.74. The Kier molecular flexibility index (Phi) is 4.89. The van der Waals surface area contributed by atoms with Gasteiger partial charge in [-0.2, -0.15) is 11.8 Å². The highest BCUT2D eigenvalue weighted by molar-refractivity contribution is 7.99. The van der Waals surface area contributed by atoms with E-state index in [0.717, 1.165) is 19.3 Å². The fourth-order valence-electron chi connectivity index (χ4n) is 2.38. The molecule has 2 atom stereocenters. The molecule has 1 fully saturated rings. The highest BCUT2D eigenvalue weighted by Gasteiger charge is 2.30. The van der Waals surface area contributed by atoms with E-state index >= 15 is 0 Å². The van der Waals surface area contributed by atoms with Gasteiger partial charge in [-0.25, -0.2) is 13.1 Å². The van der Waals surface area contributed by atoms with Crippen LogP contribution in [0.15, 0.2) is 29.2 Å². The second kappa shape index (κ2) is 6.26. The lowest BCUT2D eigenvalue weighted by molar-refractivity contribution is 0.282. The molecular weight excluding hydrogens is 282 g/mol. The fraction of sp³-hybridized carbons (Fsp3) is 0.538. The van der Waals surface area contributed by atoms with Crippen molar-refractivity contribution in [2.45, 2.75) is 42.1 Å². The number of nitrogens with one attached hydrogen (secondary N) is 1. The van der Waals surface area contributed by atoms with Crippen LogP contribution in [0.25, 0.3) is 0 Å². The maximum atomic E-state index is 12.3. The van der Waals surface area contributed by atoms with Gasteiger partial charge in [0.25, 0.3) is 0 Å². The van der Waals surface area contributed by atoms with Crippen LogP contribution in [0.3, 0.4) is 0 Å². The number of hydrogen-bond acceptors (Lipinski definition) is 4. The number of rotatable bonds is 5. The van der Waals surface area contributed by atoms with E-state index in [2.05, 4.69) is 4.72 Å². The molecule has 2 rings (SSSR count). The summed E-state index contributed by atoms with van der Waals surface area (Å²) < 4.78 is 27.3. The van der Waals surface area contributed by atoms with Crippen molar-refractivity contribution in [1.82, 2.24) is 4.72 Å². The van der Waals surface area contributed by atoms with Crippen LogP contribution in [0, 0.1) is 0 Å². The first-order chi connectivity index (χ1) is 9.06. The van der Waals surface area contributed by atoms with E-state index in [1.807, 2.05) is 6.26 Å². The molecule has 19 heavy (non-hydrogen) atoms. The minimum atomic E-state index is -3.46. The summed E-state index contributed by atoms with van der Waals surface area (Å²) in [5.74, 6) is 0. The molecule has 0 bridgehead atoms. The van der Waals surface area contributed by atoms with Crippen LogP contribution >= 0.6 is 11.8 Å². The summed E-state index contributed by atoms with van der Waals surface area (Å²) >= 11 is 1.72. The van der Waals surface area contributed by atoms with Crippen LogP contribution in [0.2, 0.25) is 0 Å². The summed E-state index contributed by atoms with van der Waals surface area (Å²) in [5, 5.41) is 9.33. The van der Waals surface area contributed by atoms with Gasteiger partial charge in [-0.3, -0.25) is 0 Å². The lowest BCUT2D eigenvalue weighted by atomic mass is 10.2. The quantitative estimate of drug-likeness (QED) is 0.869. The van der Waals surface area contributed by atoms with E-state index in [9.17, 15) is 8.42 Å². The van der Waals surface area contributed by atoms with Gasteiger partial charge >= 0.3 is 0 Å². The Bertz CT molecular complexity index is 513. The second-order valence-electron chi connectivity index (χ2n) is 4.73. The van der Waals surface area contributed by atoms with E-state index < -0.39 is 10.0 Å². The number of benzene rings is 1. The van der Waals surface area contributed by atoms with Gasteiger partial charge in [0.15, 0.2) is 0 Å². The van der Waals surface area contributed by atoms with E-state index in [1.165, 1.54) is 12.1 Å². The Hall–Kier alpha value is -0.560. The molecule has 2 N–H and O–H groups in total. The van der Waals surface area contributed by atoms with Gasteiger partial charge in [-0.1, -0.05) is 18.6 Å². The first-order valence-corrected chi connectivity index (χ1v) is 9.09. The lowest BCUT2D eigenvalue weighted by Gasteiger charge is -2.19. The van der Waals surface area contributed by atoms with Crippen LogP contribution in [0.1, 0.15) is 24.8 Å². The van der Waals surface area contributed by atoms with E-state index in [0.29, 0.717) is 10.8 Å². The van der Waals surface area contributed by atoms with Gasteiger partial charge in [-0.05, 0) is 36.8 Å². The van der Waals surface area contributed by atoms with Gasteiger partial charge < -0.3 is 5.11 Å². The maximum Gasteiger partial charge on any atom is 0.240 e. The molecular formula is C13H19NO3S2. The van der Waals surface area contributed by atoms with Gasteiger partial charge in [0.05, 0.1) is 11.5 Å². The average molecular weight is 301 g/mol. The molecule has 6 heteroatoms. The Labute approximate surface area is 118 Å². The Morgan fingerprint density at radius 3 is 2.58 bits per heavy atom. The highest BCUT2D eigenvalue weighted by Crippen LogP contribution is 2.29. The van der Waals surface area contributed by atoms with Crippen LogP contribution in [-0.2, 0) is 16.6 Å². The summed E-state index contributed by atoms with van der Waals surface area (Å²) in [4.78, 5) is 0.261. The predicted molar refractivity (Wildman–Crippen MR) is 77.6 cm³/mol. The van der Waals surface area contributed by atoms with Crippen molar-refractivity contribution in [3.63, 3.8) is 0 Å². The third-order valence-corrected chi connectivity index (χ3v) is 6.15. The molecule has 1 saturated carbocycles. The van der Waals surface area contributed by atoms with Crippen molar-refractivity contribution in [2.75, 3.05) is 6.26 Å². The van der Waals surface area contributed by atoms with E-state index in [-0.39, 0.29) is 17.5 Å². The molecule has 1 aromatic carbocycles. The standard InChI is InChI=1S/C13H19NO3S2/c1-18-13-4-2-3-12(13)14-19(16,17)11-7-5-10(9-15)6-8-11/h5-8,12-15H,2-4,9H2,1H3. The number of hydrogen-bond donors (Lipinski definition) is 2. The molecule has 1 aliphatic carbocycles. The number of sulfonamides is 1. The van der Waals surface area contributed by atoms with Gasteiger partial charge in [-0.15, -0.1) is 0 Å². The van der Waals surface area contributed by atoms with Gasteiger partial charge in [0, 0.05) is 11.3 Å². The molecule has 0 aliphatic heterocycles. The molecule has 0 heterocycles. The SMILES string of the molecule is CSC1CCCC1NS(=O)(=O)c1ccc(CO)cc1. The van der Waals surface area contributed by atoms with Crippen molar-refractivity contribution in [1.29, 1.82) is 0 Å². The molecule has 0 aromatic heterocycles. The van der Waals surface area contributed by atoms with Crippen LogP contribution < -0.4 is 4.72 Å². The third-order valence-electron chi connectivity index (χ3n) is 3.48.